The lowest BCUT2D eigenvalue weighted by atomic mass is 10.00. The summed E-state index contributed by atoms with van der Waals surface area (Å²) in [6.07, 6.45) is 3.12. The molecular weight excluding hydrogens is 455 g/mol. The molecular formula is C26H29FN2O4S. The van der Waals surface area contributed by atoms with Crippen LogP contribution < -0.4 is 4.74 Å². The number of ether oxygens (including phenoxy) is 1. The molecule has 3 aromatic rings. The van der Waals surface area contributed by atoms with Gasteiger partial charge in [-0.3, -0.25) is 9.59 Å². The van der Waals surface area contributed by atoms with Crippen molar-refractivity contribution in [2.45, 2.75) is 32.7 Å². The topological polar surface area (TPSA) is 63.0 Å². The van der Waals surface area contributed by atoms with Crippen molar-refractivity contribution in [2.24, 2.45) is 5.92 Å². The normalized spacial score (nSPS) is 16.1. The van der Waals surface area contributed by atoms with Crippen LogP contribution in [0.4, 0.5) is 4.39 Å². The second-order valence-corrected chi connectivity index (χ2v) is 9.59. The number of rotatable bonds is 9. The molecule has 6 nitrogen and oxygen atoms in total. The van der Waals surface area contributed by atoms with Crippen molar-refractivity contribution in [3.05, 3.63) is 76.1 Å². The molecule has 2 aromatic heterocycles. The molecule has 0 saturated heterocycles. The third kappa shape index (κ3) is 5.50. The Hall–Kier alpha value is -3.13. The summed E-state index contributed by atoms with van der Waals surface area (Å²) in [6.45, 7) is 5.36. The van der Waals surface area contributed by atoms with E-state index in [1.54, 1.807) is 45.4 Å². The summed E-state index contributed by atoms with van der Waals surface area (Å²) in [6, 6.07) is 10.9. The number of fused-ring (bicyclic) bond motifs is 1. The van der Waals surface area contributed by atoms with Crippen LogP contribution in [0.1, 0.15) is 47.3 Å². The molecule has 4 rings (SSSR count). The third-order valence-corrected chi connectivity index (χ3v) is 7.21. The Bertz CT molecular complexity index is 1100. The van der Waals surface area contributed by atoms with Gasteiger partial charge >= 0.3 is 0 Å². The maximum absolute atomic E-state index is 13.6. The van der Waals surface area contributed by atoms with Gasteiger partial charge in [0.25, 0.3) is 5.91 Å². The number of nitrogens with zero attached hydrogens (tertiary/aromatic N) is 2. The van der Waals surface area contributed by atoms with Crippen LogP contribution in [0.5, 0.6) is 5.75 Å². The molecule has 0 aliphatic carbocycles. The van der Waals surface area contributed by atoms with Crippen LogP contribution in [0.15, 0.2) is 58.5 Å². The zero-order valence-corrected chi connectivity index (χ0v) is 20.2. The van der Waals surface area contributed by atoms with E-state index in [9.17, 15) is 14.0 Å². The fraction of sp³-hybridized carbons (Fsp3) is 0.385. The molecule has 2 atom stereocenters. The number of carbonyl (C=O) groups is 2. The average Bonchev–Trinajstić information content (AvgIpc) is 3.54. The van der Waals surface area contributed by atoms with Gasteiger partial charge in [-0.15, -0.1) is 11.3 Å². The lowest BCUT2D eigenvalue weighted by Gasteiger charge is -2.37. The number of hydrogen-bond acceptors (Lipinski definition) is 5. The Balaban J connectivity index is 1.52. The number of halogens is 1. The smallest absolute Gasteiger partial charge is 0.290 e. The first-order valence-corrected chi connectivity index (χ1v) is 12.4. The zero-order chi connectivity index (χ0) is 24.1. The van der Waals surface area contributed by atoms with E-state index in [1.165, 1.54) is 23.3 Å². The van der Waals surface area contributed by atoms with Crippen molar-refractivity contribution in [2.75, 3.05) is 26.2 Å². The maximum Gasteiger partial charge on any atom is 0.290 e. The number of carbonyl (C=O) groups excluding carboxylic acids is 2. The third-order valence-electron chi connectivity index (χ3n) is 6.21. The zero-order valence-electron chi connectivity index (χ0n) is 19.4. The fourth-order valence-corrected chi connectivity index (χ4v) is 5.04. The van der Waals surface area contributed by atoms with Crippen LogP contribution in [0.3, 0.4) is 0 Å². The Morgan fingerprint density at radius 1 is 1.26 bits per heavy atom. The monoisotopic (exact) mass is 484 g/mol. The second-order valence-electron chi connectivity index (χ2n) is 8.59. The highest BCUT2D eigenvalue weighted by atomic mass is 32.1. The lowest BCUT2D eigenvalue weighted by molar-refractivity contribution is -0.135. The Kier molecular flexibility index (Phi) is 7.67. The molecule has 3 heterocycles. The number of hydrogen-bond donors (Lipinski definition) is 0. The van der Waals surface area contributed by atoms with E-state index >= 15 is 0 Å². The molecule has 34 heavy (non-hydrogen) atoms. The van der Waals surface area contributed by atoms with E-state index < -0.39 is 0 Å². The van der Waals surface area contributed by atoms with E-state index in [2.05, 4.69) is 13.8 Å². The standard InChI is InChI=1S/C26H29FN2O4S/c1-3-18(2)15-28(26(31)23-5-4-13-32-23)16-25(30)29-12-10-24-21(11-14-34-24)22(29)17-33-20-8-6-19(27)7-9-20/h4-9,11,13-14,18,22H,3,10,12,15-17H2,1-2H3/t18-,22-/m0/s1. The van der Waals surface area contributed by atoms with Crippen LogP contribution in [0.2, 0.25) is 0 Å². The summed E-state index contributed by atoms with van der Waals surface area (Å²) < 4.78 is 24.5. The number of thiophene rings is 1. The molecule has 2 amide bonds. The van der Waals surface area contributed by atoms with Gasteiger partial charge in [-0.2, -0.15) is 0 Å². The highest BCUT2D eigenvalue weighted by molar-refractivity contribution is 7.10. The minimum absolute atomic E-state index is 0.0314. The fourth-order valence-electron chi connectivity index (χ4n) is 4.12. The van der Waals surface area contributed by atoms with Crippen LogP contribution in [-0.4, -0.2) is 47.9 Å². The van der Waals surface area contributed by atoms with E-state index in [-0.39, 0.29) is 48.5 Å². The molecule has 0 N–H and O–H groups in total. The largest absolute Gasteiger partial charge is 0.491 e. The predicted octanol–water partition coefficient (Wildman–Crippen LogP) is 5.17. The summed E-state index contributed by atoms with van der Waals surface area (Å²) >= 11 is 1.67. The first-order valence-electron chi connectivity index (χ1n) is 11.5. The van der Waals surface area contributed by atoms with Gasteiger partial charge in [0.2, 0.25) is 5.91 Å². The van der Waals surface area contributed by atoms with E-state index in [4.69, 9.17) is 9.15 Å². The first kappa shape index (κ1) is 24.0. The van der Waals surface area contributed by atoms with Crippen LogP contribution in [-0.2, 0) is 11.2 Å². The Labute approximate surface area is 202 Å². The van der Waals surface area contributed by atoms with Gasteiger partial charge in [-0.25, -0.2) is 4.39 Å². The molecule has 0 radical (unpaired) electrons. The molecule has 0 bridgehead atoms. The van der Waals surface area contributed by atoms with Gasteiger partial charge in [-0.05, 0) is 65.7 Å². The minimum atomic E-state index is -0.329. The molecule has 1 aliphatic heterocycles. The van der Waals surface area contributed by atoms with Crippen molar-refractivity contribution in [3.63, 3.8) is 0 Å². The Morgan fingerprint density at radius 3 is 2.76 bits per heavy atom. The van der Waals surface area contributed by atoms with Gasteiger partial charge in [0.15, 0.2) is 5.76 Å². The Morgan fingerprint density at radius 2 is 2.06 bits per heavy atom. The SMILES string of the molecule is CC[C@H](C)CN(CC(=O)N1CCc2sccc2[C@@H]1COc1ccc(F)cc1)C(=O)c1ccco1. The van der Waals surface area contributed by atoms with Crippen molar-refractivity contribution in [1.29, 1.82) is 0 Å². The molecule has 0 spiro atoms. The van der Waals surface area contributed by atoms with Gasteiger partial charge in [0, 0.05) is 18.0 Å². The lowest BCUT2D eigenvalue weighted by Crippen LogP contribution is -2.48. The molecule has 0 saturated carbocycles. The highest BCUT2D eigenvalue weighted by Gasteiger charge is 2.34. The second kappa shape index (κ2) is 10.9. The maximum atomic E-state index is 13.6. The highest BCUT2D eigenvalue weighted by Crippen LogP contribution is 2.34. The van der Waals surface area contributed by atoms with Crippen LogP contribution in [0.25, 0.3) is 0 Å². The summed E-state index contributed by atoms with van der Waals surface area (Å²) in [5.74, 6) is 0.270. The minimum Gasteiger partial charge on any atom is -0.491 e. The van der Waals surface area contributed by atoms with E-state index in [0.29, 0.717) is 18.8 Å². The molecule has 180 valence electrons. The van der Waals surface area contributed by atoms with Gasteiger partial charge < -0.3 is 19.0 Å². The van der Waals surface area contributed by atoms with Gasteiger partial charge in [0.05, 0.1) is 12.3 Å². The first-order chi connectivity index (χ1) is 16.5. The number of amides is 2. The summed E-state index contributed by atoms with van der Waals surface area (Å²) in [5.41, 5.74) is 1.07. The summed E-state index contributed by atoms with van der Waals surface area (Å²) in [7, 11) is 0. The van der Waals surface area contributed by atoms with Crippen molar-refractivity contribution in [3.8, 4) is 5.75 Å². The predicted molar refractivity (Wildman–Crippen MR) is 128 cm³/mol. The number of furan rings is 1. The van der Waals surface area contributed by atoms with Gasteiger partial charge in [-0.1, -0.05) is 20.3 Å². The molecule has 0 unspecified atom stereocenters. The van der Waals surface area contributed by atoms with Gasteiger partial charge in [0.1, 0.15) is 24.7 Å². The molecule has 0 fully saturated rings. The quantitative estimate of drug-likeness (QED) is 0.420. The van der Waals surface area contributed by atoms with E-state index in [1.807, 2.05) is 11.4 Å². The molecule has 8 heteroatoms. The average molecular weight is 485 g/mol. The van der Waals surface area contributed by atoms with Crippen molar-refractivity contribution >= 4 is 23.2 Å². The van der Waals surface area contributed by atoms with Crippen molar-refractivity contribution in [1.82, 2.24) is 9.80 Å². The van der Waals surface area contributed by atoms with Crippen molar-refractivity contribution < 1.29 is 23.1 Å². The van der Waals surface area contributed by atoms with E-state index in [0.717, 1.165) is 18.4 Å². The van der Waals surface area contributed by atoms with Crippen LogP contribution >= 0.6 is 11.3 Å². The number of benzene rings is 1. The summed E-state index contributed by atoms with van der Waals surface area (Å²) in [5, 5.41) is 2.03. The molecule has 1 aromatic carbocycles. The van der Waals surface area contributed by atoms with Crippen LogP contribution in [0, 0.1) is 11.7 Å². The summed E-state index contributed by atoms with van der Waals surface area (Å²) in [4.78, 5) is 31.2. The molecule has 1 aliphatic rings.